The van der Waals surface area contributed by atoms with Gasteiger partial charge in [-0.25, -0.2) is 4.79 Å². The first-order valence-electron chi connectivity index (χ1n) is 20.0. The quantitative estimate of drug-likeness (QED) is 0.189. The lowest BCUT2D eigenvalue weighted by molar-refractivity contribution is -0.146. The monoisotopic (exact) mass is 806 g/mol. The number of nitrogens with zero attached hydrogens (tertiary/aromatic N) is 4. The summed E-state index contributed by atoms with van der Waals surface area (Å²) in [4.78, 5) is 99.9. The molecular weight excluding hydrogens is 741 g/mol. The van der Waals surface area contributed by atoms with Crippen LogP contribution >= 0.6 is 0 Å². The summed E-state index contributed by atoms with van der Waals surface area (Å²) in [6, 6.07) is 13.2. The fourth-order valence-corrected chi connectivity index (χ4v) is 6.50. The molecule has 0 saturated heterocycles. The van der Waals surface area contributed by atoms with Gasteiger partial charge in [-0.2, -0.15) is 0 Å². The Labute approximate surface area is 345 Å². The number of benzene rings is 2. The summed E-state index contributed by atoms with van der Waals surface area (Å²) in [6.07, 6.45) is -0.0922. The lowest BCUT2D eigenvalue weighted by atomic mass is 9.96. The predicted molar refractivity (Wildman–Crippen MR) is 223 cm³/mol. The minimum atomic E-state index is -1.08. The van der Waals surface area contributed by atoms with Crippen LogP contribution in [0.4, 0.5) is 4.79 Å². The maximum Gasteiger partial charge on any atom is 0.410 e. The highest BCUT2D eigenvalue weighted by Gasteiger charge is 2.38. The Morgan fingerprint density at radius 1 is 0.603 bits per heavy atom. The van der Waals surface area contributed by atoms with Crippen molar-refractivity contribution in [2.75, 3.05) is 34.7 Å². The van der Waals surface area contributed by atoms with Crippen molar-refractivity contribution in [3.8, 4) is 0 Å². The Balaban J connectivity index is 2.39. The molecule has 0 spiro atoms. The summed E-state index contributed by atoms with van der Waals surface area (Å²) >= 11 is 0. The van der Waals surface area contributed by atoms with Crippen molar-refractivity contribution in [3.05, 3.63) is 71.8 Å². The van der Waals surface area contributed by atoms with Crippen LogP contribution in [0, 0.1) is 17.8 Å². The van der Waals surface area contributed by atoms with Crippen LogP contribution in [0.3, 0.4) is 0 Å². The summed E-state index contributed by atoms with van der Waals surface area (Å²) in [5, 5.41) is 5.76. The van der Waals surface area contributed by atoms with E-state index < -0.39 is 65.8 Å². The lowest BCUT2D eigenvalue weighted by Crippen LogP contribution is -2.60. The maximum atomic E-state index is 14.4. The van der Waals surface area contributed by atoms with E-state index in [1.165, 1.54) is 54.7 Å². The molecule has 0 aliphatic rings. The number of ether oxygens (including phenoxy) is 1. The maximum absolute atomic E-state index is 14.4. The first-order valence-corrected chi connectivity index (χ1v) is 20.0. The molecule has 0 aromatic heterocycles. The highest BCUT2D eigenvalue weighted by molar-refractivity contribution is 5.96. The van der Waals surface area contributed by atoms with Crippen molar-refractivity contribution in [3.63, 3.8) is 0 Å². The molecule has 6 amide bonds. The molecule has 0 radical (unpaired) electrons. The van der Waals surface area contributed by atoms with Crippen LogP contribution in [-0.4, -0.2) is 126 Å². The van der Waals surface area contributed by atoms with Crippen LogP contribution < -0.4 is 10.6 Å². The fraction of sp³-hybridized carbons (Fsp3) is 0.568. The van der Waals surface area contributed by atoms with E-state index in [4.69, 9.17) is 4.74 Å². The second-order valence-electron chi connectivity index (χ2n) is 16.4. The Morgan fingerprint density at radius 2 is 1.10 bits per heavy atom. The van der Waals surface area contributed by atoms with Crippen LogP contribution in [0.2, 0.25) is 0 Å². The van der Waals surface area contributed by atoms with Crippen molar-refractivity contribution in [2.45, 2.75) is 111 Å². The number of amides is 6. The van der Waals surface area contributed by atoms with E-state index in [2.05, 4.69) is 10.6 Å². The van der Waals surface area contributed by atoms with Gasteiger partial charge in [-0.1, -0.05) is 102 Å². The Hall–Kier alpha value is -5.27. The SMILES string of the molecule is CC(=O)CN(C)C(=O)[C@@H](NC(=O)[C@H](CC(C)C)N(C)C(=O)[C@H](CC(C)C)NC(=O)[C@H](Cc1ccccc1)N(C)C(=O)[C@H](C)N(C)C(=O)OCc1ccccc1)C(C)C. The molecule has 0 aliphatic heterocycles. The largest absolute Gasteiger partial charge is 0.445 e. The van der Waals surface area contributed by atoms with Gasteiger partial charge in [0.2, 0.25) is 29.5 Å². The second kappa shape index (κ2) is 23.2. The minimum absolute atomic E-state index is 0.0219. The molecule has 320 valence electrons. The molecule has 0 heterocycles. The van der Waals surface area contributed by atoms with Gasteiger partial charge in [-0.05, 0) is 55.6 Å². The minimum Gasteiger partial charge on any atom is -0.445 e. The zero-order chi connectivity index (χ0) is 43.9. The van der Waals surface area contributed by atoms with Gasteiger partial charge < -0.3 is 30.1 Å². The van der Waals surface area contributed by atoms with E-state index in [0.717, 1.165) is 11.1 Å². The van der Waals surface area contributed by atoms with Crippen LogP contribution in [0.5, 0.6) is 0 Å². The van der Waals surface area contributed by atoms with Gasteiger partial charge >= 0.3 is 6.09 Å². The summed E-state index contributed by atoms with van der Waals surface area (Å²) in [7, 11) is 5.95. The highest BCUT2D eigenvalue weighted by Crippen LogP contribution is 2.19. The first kappa shape index (κ1) is 48.9. The van der Waals surface area contributed by atoms with Crippen LogP contribution in [0.25, 0.3) is 0 Å². The number of rotatable bonds is 21. The number of hydrogen-bond donors (Lipinski definition) is 2. The molecular formula is C44H66N6O8. The highest BCUT2D eigenvalue weighted by atomic mass is 16.6. The molecule has 14 heteroatoms. The Bertz CT molecular complexity index is 1690. The summed E-state index contributed by atoms with van der Waals surface area (Å²) in [6.45, 7) is 14.1. The van der Waals surface area contributed by atoms with Crippen LogP contribution in [0.15, 0.2) is 60.7 Å². The van der Waals surface area contributed by atoms with E-state index in [1.807, 2.05) is 88.4 Å². The summed E-state index contributed by atoms with van der Waals surface area (Å²) in [5.41, 5.74) is 1.56. The number of Topliss-reactive ketones (excluding diaryl/α,β-unsaturated/α-hetero) is 1. The molecule has 2 rings (SSSR count). The first-order chi connectivity index (χ1) is 27.2. The second-order valence-corrected chi connectivity index (χ2v) is 16.4. The van der Waals surface area contributed by atoms with E-state index in [9.17, 15) is 33.6 Å². The molecule has 0 aliphatic carbocycles. The molecule has 0 bridgehead atoms. The Morgan fingerprint density at radius 3 is 1.60 bits per heavy atom. The molecule has 0 saturated carbocycles. The third kappa shape index (κ3) is 14.9. The molecule has 58 heavy (non-hydrogen) atoms. The van der Waals surface area contributed by atoms with Crippen LogP contribution in [-0.2, 0) is 46.5 Å². The summed E-state index contributed by atoms with van der Waals surface area (Å²) in [5.74, 6) is -3.16. The van der Waals surface area contributed by atoms with Gasteiger partial charge in [0.1, 0.15) is 42.6 Å². The number of carbonyl (C=O) groups excluding carboxylic acids is 7. The lowest BCUT2D eigenvalue weighted by Gasteiger charge is -2.36. The van der Waals surface area contributed by atoms with Crippen molar-refractivity contribution in [1.29, 1.82) is 0 Å². The van der Waals surface area contributed by atoms with Crippen LogP contribution in [0.1, 0.15) is 79.4 Å². The Kier molecular flexibility index (Phi) is 19.6. The molecule has 0 fully saturated rings. The fourth-order valence-electron chi connectivity index (χ4n) is 6.50. The number of nitrogens with one attached hydrogen (secondary N) is 2. The molecule has 0 unspecified atom stereocenters. The van der Waals surface area contributed by atoms with E-state index in [0.29, 0.717) is 0 Å². The number of likely N-dealkylation sites (N-methyl/N-ethyl adjacent to an activating group) is 4. The standard InChI is InChI=1S/C44H66N6O8/c1-28(2)23-35(42(55)50(12)36(24-29(3)4)40(53)46-38(30(5)6)43(56)47(9)26-31(7)51)45-39(52)37(25-33-19-15-13-16-20-33)49(11)41(54)32(8)48(10)44(57)58-27-34-21-17-14-18-22-34/h13-22,28-30,32,35-38H,23-27H2,1-12H3,(H,45,52)(H,46,53)/t32-,35-,36-,37-,38-/m0/s1. The van der Waals surface area contributed by atoms with Gasteiger partial charge in [0.25, 0.3) is 0 Å². The average Bonchev–Trinajstić information content (AvgIpc) is 3.17. The van der Waals surface area contributed by atoms with Gasteiger partial charge in [0.05, 0.1) is 6.54 Å². The average molecular weight is 807 g/mol. The smallest absolute Gasteiger partial charge is 0.410 e. The van der Waals surface area contributed by atoms with E-state index in [1.54, 1.807) is 20.8 Å². The van der Waals surface area contributed by atoms with Gasteiger partial charge in [-0.15, -0.1) is 0 Å². The summed E-state index contributed by atoms with van der Waals surface area (Å²) < 4.78 is 5.45. The number of hydrogen-bond acceptors (Lipinski definition) is 8. The molecule has 2 N–H and O–H groups in total. The van der Waals surface area contributed by atoms with Crippen molar-refractivity contribution in [1.82, 2.24) is 30.2 Å². The van der Waals surface area contributed by atoms with Crippen molar-refractivity contribution in [2.24, 2.45) is 17.8 Å². The molecule has 14 nitrogen and oxygen atoms in total. The zero-order valence-corrected chi connectivity index (χ0v) is 36.5. The number of carbonyl (C=O) groups is 7. The predicted octanol–water partition coefficient (Wildman–Crippen LogP) is 4.31. The zero-order valence-electron chi connectivity index (χ0n) is 36.5. The topological polar surface area (TPSA) is 166 Å². The number of ketones is 1. The molecule has 2 aromatic carbocycles. The van der Waals surface area contributed by atoms with Gasteiger partial charge in [0, 0.05) is 34.6 Å². The van der Waals surface area contributed by atoms with E-state index >= 15 is 0 Å². The molecule has 2 aromatic rings. The van der Waals surface area contributed by atoms with E-state index in [-0.39, 0.29) is 56.0 Å². The third-order valence-electron chi connectivity index (χ3n) is 10.0. The van der Waals surface area contributed by atoms with Crippen molar-refractivity contribution < 1.29 is 38.3 Å². The van der Waals surface area contributed by atoms with Gasteiger partial charge in [-0.3, -0.25) is 33.7 Å². The van der Waals surface area contributed by atoms with Gasteiger partial charge in [0.15, 0.2) is 0 Å². The van der Waals surface area contributed by atoms with Crippen molar-refractivity contribution >= 4 is 41.4 Å². The normalized spacial score (nSPS) is 13.8. The third-order valence-corrected chi connectivity index (χ3v) is 10.0. The molecule has 5 atom stereocenters.